The molecule has 8 heteroatoms. The van der Waals surface area contributed by atoms with Crippen molar-refractivity contribution < 1.29 is 29.3 Å². The fourth-order valence-corrected chi connectivity index (χ4v) is 7.99. The largest absolute Gasteiger partial charge is 0.459 e. The number of amides is 2. The topological polar surface area (TPSA) is 114 Å². The summed E-state index contributed by atoms with van der Waals surface area (Å²) >= 11 is 0. The molecule has 3 N–H and O–H groups in total. The number of aliphatic hydroxyl groups excluding tert-OH is 3. The Morgan fingerprint density at radius 3 is 2.30 bits per heavy atom. The number of allylic oxidation sites excluding steroid dienone is 2. The van der Waals surface area contributed by atoms with Crippen LogP contribution in [-0.4, -0.2) is 68.8 Å². The van der Waals surface area contributed by atoms with Gasteiger partial charge in [0.2, 0.25) is 11.8 Å². The van der Waals surface area contributed by atoms with E-state index in [4.69, 9.17) is 4.42 Å². The third-order valence-corrected chi connectivity index (χ3v) is 10.4. The highest BCUT2D eigenvalue weighted by Crippen LogP contribution is 2.48. The van der Waals surface area contributed by atoms with Crippen LogP contribution in [0.5, 0.6) is 0 Å². The zero-order valence-corrected chi connectivity index (χ0v) is 27.1. The van der Waals surface area contributed by atoms with Crippen LogP contribution >= 0.6 is 0 Å². The summed E-state index contributed by atoms with van der Waals surface area (Å²) in [5.74, 6) is -0.958. The van der Waals surface area contributed by atoms with Gasteiger partial charge in [0.05, 0.1) is 24.5 Å². The maximum atomic E-state index is 14.1. The number of nitrogens with zero attached hydrogens (tertiary/aromatic N) is 2. The van der Waals surface area contributed by atoms with Crippen molar-refractivity contribution in [1.29, 1.82) is 0 Å². The predicted octanol–water partition coefficient (Wildman–Crippen LogP) is 5.44. The molecule has 3 heterocycles. The summed E-state index contributed by atoms with van der Waals surface area (Å²) in [5, 5.41) is 31.9. The molecule has 2 aromatic carbocycles. The minimum absolute atomic E-state index is 0.116. The van der Waals surface area contributed by atoms with Crippen molar-refractivity contribution in [3.8, 4) is 0 Å². The average Bonchev–Trinajstić information content (AvgIpc) is 3.67. The summed E-state index contributed by atoms with van der Waals surface area (Å²) < 4.78 is 5.73. The van der Waals surface area contributed by atoms with E-state index in [1.165, 1.54) is 10.5 Å². The standard InChI is InChI=1S/C39H46N2O6/c1-2-27-22-33-37(39(46)41(38(33)45)30-17-19-40(20-18-30)23-26-9-5-3-6-10-26)34(25-43)36(27)35(44)16-13-29(28-11-7-4-8-12-28)21-31-14-15-32(24-42)47-31/h3-12,14-15,21,30,33-35,37,42-44H,2,13,16-20,22-25H2,1H3/b29-21-/t33-,34+,35-,37-/m1/s1. The number of likely N-dealkylation sites (tertiary alicyclic amines) is 2. The first-order valence-corrected chi connectivity index (χ1v) is 17.0. The molecule has 47 heavy (non-hydrogen) atoms. The summed E-state index contributed by atoms with van der Waals surface area (Å²) in [4.78, 5) is 31.9. The van der Waals surface area contributed by atoms with Gasteiger partial charge in [-0.15, -0.1) is 0 Å². The van der Waals surface area contributed by atoms with Crippen molar-refractivity contribution in [3.05, 3.63) is 107 Å². The van der Waals surface area contributed by atoms with Gasteiger partial charge in [-0.1, -0.05) is 73.2 Å². The van der Waals surface area contributed by atoms with E-state index in [0.717, 1.165) is 54.8 Å². The molecule has 3 aromatic rings. The fourth-order valence-electron chi connectivity index (χ4n) is 7.99. The number of hydrogen-bond acceptors (Lipinski definition) is 7. The van der Waals surface area contributed by atoms with Crippen molar-refractivity contribution in [3.63, 3.8) is 0 Å². The number of benzene rings is 2. The third-order valence-electron chi connectivity index (χ3n) is 10.4. The van der Waals surface area contributed by atoms with E-state index in [1.54, 1.807) is 6.07 Å². The number of aliphatic hydroxyl groups is 3. The molecule has 0 spiro atoms. The zero-order chi connectivity index (χ0) is 32.9. The number of hydrogen-bond donors (Lipinski definition) is 3. The number of carbonyl (C=O) groups is 2. The minimum Gasteiger partial charge on any atom is -0.459 e. The van der Waals surface area contributed by atoms with E-state index in [1.807, 2.05) is 67.6 Å². The number of piperidine rings is 1. The lowest BCUT2D eigenvalue weighted by Crippen LogP contribution is -2.47. The smallest absolute Gasteiger partial charge is 0.234 e. The van der Waals surface area contributed by atoms with Gasteiger partial charge in [0.1, 0.15) is 18.1 Å². The second-order valence-electron chi connectivity index (χ2n) is 13.1. The Labute approximate surface area is 277 Å². The van der Waals surface area contributed by atoms with Crippen LogP contribution in [0.4, 0.5) is 0 Å². The van der Waals surface area contributed by atoms with Crippen molar-refractivity contribution in [2.24, 2.45) is 17.8 Å². The Morgan fingerprint density at radius 1 is 0.957 bits per heavy atom. The van der Waals surface area contributed by atoms with E-state index in [-0.39, 0.29) is 31.1 Å². The molecule has 1 aromatic heterocycles. The van der Waals surface area contributed by atoms with Gasteiger partial charge >= 0.3 is 0 Å². The summed E-state index contributed by atoms with van der Waals surface area (Å²) in [6.07, 6.45) is 4.51. The number of rotatable bonds is 12. The molecule has 8 nitrogen and oxygen atoms in total. The second kappa shape index (κ2) is 14.9. The molecule has 3 aliphatic rings. The van der Waals surface area contributed by atoms with Gasteiger partial charge in [0.25, 0.3) is 0 Å². The fraction of sp³-hybridized carbons (Fsp3) is 0.436. The number of fused-ring (bicyclic) bond motifs is 1. The van der Waals surface area contributed by atoms with Crippen LogP contribution in [-0.2, 0) is 22.7 Å². The molecule has 6 rings (SSSR count). The van der Waals surface area contributed by atoms with Gasteiger partial charge in [-0.3, -0.25) is 19.4 Å². The van der Waals surface area contributed by atoms with Gasteiger partial charge in [-0.2, -0.15) is 0 Å². The molecule has 1 aliphatic carbocycles. The number of imide groups is 1. The highest BCUT2D eigenvalue weighted by molar-refractivity contribution is 6.06. The Bertz CT molecular complexity index is 1590. The molecule has 2 saturated heterocycles. The van der Waals surface area contributed by atoms with Crippen LogP contribution in [0.1, 0.15) is 68.1 Å². The normalized spacial score (nSPS) is 23.4. The van der Waals surface area contributed by atoms with Gasteiger partial charge in [0, 0.05) is 31.6 Å². The molecule has 0 bridgehead atoms. The molecule has 0 saturated carbocycles. The monoisotopic (exact) mass is 638 g/mol. The van der Waals surface area contributed by atoms with Crippen LogP contribution in [0, 0.1) is 17.8 Å². The van der Waals surface area contributed by atoms with E-state index in [9.17, 15) is 24.9 Å². The summed E-state index contributed by atoms with van der Waals surface area (Å²) in [7, 11) is 0. The lowest BCUT2D eigenvalue weighted by molar-refractivity contribution is -0.144. The molecule has 0 radical (unpaired) electrons. The highest BCUT2D eigenvalue weighted by atomic mass is 16.4. The minimum atomic E-state index is -0.877. The maximum absolute atomic E-state index is 14.1. The molecular weight excluding hydrogens is 592 g/mol. The van der Waals surface area contributed by atoms with Crippen LogP contribution in [0.15, 0.2) is 88.4 Å². The Morgan fingerprint density at radius 2 is 1.66 bits per heavy atom. The van der Waals surface area contributed by atoms with E-state index < -0.39 is 23.9 Å². The molecule has 2 fully saturated rings. The third kappa shape index (κ3) is 7.06. The molecule has 0 unspecified atom stereocenters. The first-order valence-electron chi connectivity index (χ1n) is 17.0. The molecule has 4 atom stereocenters. The van der Waals surface area contributed by atoms with Crippen LogP contribution in [0.2, 0.25) is 0 Å². The van der Waals surface area contributed by atoms with Crippen LogP contribution in [0.25, 0.3) is 11.6 Å². The Balaban J connectivity index is 1.17. The van der Waals surface area contributed by atoms with Crippen LogP contribution < -0.4 is 0 Å². The van der Waals surface area contributed by atoms with E-state index >= 15 is 0 Å². The second-order valence-corrected chi connectivity index (χ2v) is 13.1. The maximum Gasteiger partial charge on any atom is 0.234 e. The molecule has 2 aliphatic heterocycles. The Hall–Kier alpha value is -3.82. The summed E-state index contributed by atoms with van der Waals surface area (Å²) in [6, 6.07) is 23.6. The summed E-state index contributed by atoms with van der Waals surface area (Å²) in [5.41, 5.74) is 4.92. The first-order chi connectivity index (χ1) is 22.9. The van der Waals surface area contributed by atoms with Crippen molar-refractivity contribution >= 4 is 23.5 Å². The molecule has 248 valence electrons. The number of carbonyl (C=O) groups excluding carboxylic acids is 2. The zero-order valence-electron chi connectivity index (χ0n) is 27.1. The Kier molecular flexibility index (Phi) is 10.5. The quantitative estimate of drug-likeness (QED) is 0.179. The average molecular weight is 639 g/mol. The lowest BCUT2D eigenvalue weighted by Gasteiger charge is -2.37. The summed E-state index contributed by atoms with van der Waals surface area (Å²) in [6.45, 7) is 4.02. The lowest BCUT2D eigenvalue weighted by atomic mass is 9.67. The van der Waals surface area contributed by atoms with E-state index in [2.05, 4.69) is 17.0 Å². The van der Waals surface area contributed by atoms with Gasteiger partial charge in [-0.25, -0.2) is 0 Å². The molecule has 2 amide bonds. The predicted molar refractivity (Wildman–Crippen MR) is 180 cm³/mol. The van der Waals surface area contributed by atoms with Gasteiger partial charge in [0.15, 0.2) is 0 Å². The first kappa shape index (κ1) is 33.1. The number of furan rings is 1. The van der Waals surface area contributed by atoms with Gasteiger partial charge < -0.3 is 19.7 Å². The van der Waals surface area contributed by atoms with Crippen molar-refractivity contribution in [2.75, 3.05) is 19.7 Å². The van der Waals surface area contributed by atoms with E-state index in [0.29, 0.717) is 37.2 Å². The molecular formula is C39H46N2O6. The van der Waals surface area contributed by atoms with Crippen LogP contribution in [0.3, 0.4) is 0 Å². The highest BCUT2D eigenvalue weighted by Gasteiger charge is 2.56. The van der Waals surface area contributed by atoms with Gasteiger partial charge in [-0.05, 0) is 79.0 Å². The van der Waals surface area contributed by atoms with Crippen molar-refractivity contribution in [2.45, 2.75) is 70.7 Å². The van der Waals surface area contributed by atoms with Crippen molar-refractivity contribution in [1.82, 2.24) is 9.80 Å². The SMILES string of the molecule is CCC1=C([C@H](O)CC/C(=C/c2ccc(CO)o2)c2ccccc2)[C@H](CO)[C@@H]2C(=O)N(C3CCN(Cc4ccccc4)CC3)C(=O)[C@@H]2C1.